The van der Waals surface area contributed by atoms with Gasteiger partial charge in [0.25, 0.3) is 11.1 Å². The van der Waals surface area contributed by atoms with Crippen molar-refractivity contribution in [3.05, 3.63) is 90.5 Å². The van der Waals surface area contributed by atoms with E-state index in [9.17, 15) is 43.3 Å². The summed E-state index contributed by atoms with van der Waals surface area (Å²) in [5.41, 5.74) is 10.5. The highest BCUT2D eigenvalue weighted by Gasteiger charge is 2.48. The highest BCUT2D eigenvalue weighted by Crippen LogP contribution is 2.58. The van der Waals surface area contributed by atoms with E-state index in [1.54, 1.807) is 11.5 Å². The van der Waals surface area contributed by atoms with Crippen molar-refractivity contribution in [1.29, 1.82) is 0 Å². The Morgan fingerprint density at radius 3 is 1.29 bits per heavy atom. The molecule has 0 aliphatic carbocycles. The van der Waals surface area contributed by atoms with Gasteiger partial charge in [-0.25, -0.2) is 44.1 Å². The van der Waals surface area contributed by atoms with Gasteiger partial charge in [0.2, 0.25) is 0 Å². The molecule has 17 atom stereocenters. The Morgan fingerprint density at radius 2 is 0.910 bits per heavy atom. The van der Waals surface area contributed by atoms with Gasteiger partial charge in [0.1, 0.15) is 79.1 Å². The molecule has 0 saturated carbocycles. The Morgan fingerprint density at radius 1 is 0.562 bits per heavy atom. The molecule has 4 fully saturated rings. The van der Waals surface area contributed by atoms with Gasteiger partial charge in [-0.1, -0.05) is 12.2 Å². The van der Waals surface area contributed by atoms with Gasteiger partial charge in [-0.3, -0.25) is 46.9 Å². The summed E-state index contributed by atoms with van der Waals surface area (Å²) in [5, 5.41) is 0. The third-order valence-electron chi connectivity index (χ3n) is 14.1. The number of H-pyrrole nitrogens is 2. The number of aromatic nitrogens is 12. The minimum atomic E-state index is -4.64. The zero-order valence-corrected chi connectivity index (χ0v) is 55.5. The second-order valence-corrected chi connectivity index (χ2v) is 35.6. The molecule has 0 radical (unpaired) electrons. The van der Waals surface area contributed by atoms with Crippen LogP contribution in [0.5, 0.6) is 0 Å². The Balaban J connectivity index is 0.855. The van der Waals surface area contributed by atoms with Crippen LogP contribution < -0.4 is 34.0 Å². The molecule has 10 heterocycles. The van der Waals surface area contributed by atoms with Crippen molar-refractivity contribution in [2.45, 2.75) is 120 Å². The standard InChI is InChI=1S/C43H59N14O22P5S5/c1-5-67-81(63,86)76-24-8-32(56-18-50-34-36(44)46-16-48-38(34)56)74-28(24)14-70-84(66,89)79-25-9-33(57-19-51-35-37(45)47-17-49-39(35)57)75-29(25)15-71-83(65,88)78-23-7-31(55-11-21(3)41(59)53-43(55)61)73-27(23)13-69-82(64,87)77-22-6-30(72-26(22)12-68-80(4,62)85)54-10-20(2)40(58)52-42(54)60/h10-11,16-19,22-33H,5-9,12-15H2,1-4H3,(H,62,85)(H,63,86)(H,64,87)(H,65,88)(H,66,89)(H2,44,46,48)(H2,45,47,49)(H,52,58,60)(H,53,59,61)/t22-,23-,24-,25-,26-,27-,28-,29-,30-,31-,32-,33-,80?,81?,82?,83?,84?/m1/s1. The number of nitrogens with two attached hydrogens (primary N) is 2. The summed E-state index contributed by atoms with van der Waals surface area (Å²) in [6.07, 6.45) is -6.58. The molecule has 0 aromatic carbocycles. The van der Waals surface area contributed by atoms with E-state index in [1.165, 1.54) is 62.8 Å². The lowest BCUT2D eigenvalue weighted by molar-refractivity contribution is -0.0536. The van der Waals surface area contributed by atoms with Crippen LogP contribution >= 0.6 is 45.7 Å². The van der Waals surface area contributed by atoms with Gasteiger partial charge < -0.3 is 81.7 Å². The zero-order chi connectivity index (χ0) is 64.1. The van der Waals surface area contributed by atoms with Gasteiger partial charge in [-0.15, -0.1) is 0 Å². The quantitative estimate of drug-likeness (QED) is 0.0277. The molecule has 5 unspecified atom stereocenters. The fourth-order valence-electron chi connectivity index (χ4n) is 9.97. The molecule has 36 nitrogen and oxygen atoms in total. The molecule has 0 bridgehead atoms. The molecule has 0 spiro atoms. The average Bonchev–Trinajstić information content (AvgIpc) is 2.00. The lowest BCUT2D eigenvalue weighted by Gasteiger charge is -2.27. The van der Waals surface area contributed by atoms with Crippen LogP contribution in [0.25, 0.3) is 22.3 Å². The molecular weight excluding hydrogens is 1380 g/mol. The molecular formula is C43H59N14O22P5S5. The first-order chi connectivity index (χ1) is 41.8. The number of imidazole rings is 2. The van der Waals surface area contributed by atoms with Gasteiger partial charge in [0, 0.05) is 55.9 Å². The fraction of sp³-hybridized carbons (Fsp3) is 0.581. The van der Waals surface area contributed by atoms with Crippen molar-refractivity contribution in [2.75, 3.05) is 51.2 Å². The second kappa shape index (κ2) is 27.5. The van der Waals surface area contributed by atoms with E-state index >= 15 is 0 Å². The summed E-state index contributed by atoms with van der Waals surface area (Å²) in [6, 6.07) is 0. The number of nitrogens with zero attached hydrogens (tertiary/aromatic N) is 10. The fourth-order valence-corrected chi connectivity index (χ4v) is 16.7. The monoisotopic (exact) mass is 1440 g/mol. The van der Waals surface area contributed by atoms with Crippen LogP contribution in [0.2, 0.25) is 0 Å². The van der Waals surface area contributed by atoms with Gasteiger partial charge in [-0.2, -0.15) is 0 Å². The van der Waals surface area contributed by atoms with E-state index in [2.05, 4.69) is 52.1 Å². The van der Waals surface area contributed by atoms with E-state index in [1.807, 2.05) is 0 Å². The van der Waals surface area contributed by atoms with Crippen molar-refractivity contribution in [3.8, 4) is 0 Å². The number of rotatable bonds is 26. The highest BCUT2D eigenvalue weighted by atomic mass is 32.7. The Bertz CT molecular complexity index is 4120. The van der Waals surface area contributed by atoms with E-state index in [0.29, 0.717) is 11.2 Å². The van der Waals surface area contributed by atoms with Crippen molar-refractivity contribution >= 4 is 127 Å². The van der Waals surface area contributed by atoms with Crippen LogP contribution in [0.3, 0.4) is 0 Å². The number of aryl methyl sites for hydroxylation is 2. The molecule has 46 heteroatoms. The number of anilines is 2. The molecule has 4 aliphatic heterocycles. The van der Waals surface area contributed by atoms with E-state index in [-0.39, 0.29) is 72.8 Å². The first-order valence-electron chi connectivity index (χ1n) is 26.5. The number of hydrogen-bond donors (Lipinski definition) is 9. The lowest BCUT2D eigenvalue weighted by atomic mass is 10.2. The smallest absolute Gasteiger partial charge is 0.382 e. The molecule has 6 aromatic rings. The molecule has 10 rings (SSSR count). The molecule has 488 valence electrons. The minimum absolute atomic E-state index is 0.0268. The largest absolute Gasteiger partial charge is 0.386 e. The Labute approximate surface area is 527 Å². The molecule has 0 amide bonds. The van der Waals surface area contributed by atoms with Crippen molar-refractivity contribution in [3.63, 3.8) is 0 Å². The van der Waals surface area contributed by atoms with E-state index in [0.717, 1.165) is 9.13 Å². The summed E-state index contributed by atoms with van der Waals surface area (Å²) in [4.78, 5) is 125. The third-order valence-corrected chi connectivity index (χ3v) is 21.5. The van der Waals surface area contributed by atoms with Crippen LogP contribution in [0.15, 0.2) is 56.9 Å². The summed E-state index contributed by atoms with van der Waals surface area (Å²) in [5.74, 6) is 0.177. The zero-order valence-electron chi connectivity index (χ0n) is 46.8. The number of hydrogen-bond acceptors (Lipinski definition) is 30. The summed E-state index contributed by atoms with van der Waals surface area (Å²) >= 11 is 25.6. The normalized spacial score (nSPS) is 29.0. The molecule has 6 aromatic heterocycles. The second-order valence-electron chi connectivity index (χ2n) is 20.4. The van der Waals surface area contributed by atoms with Crippen LogP contribution in [0.4, 0.5) is 11.6 Å². The van der Waals surface area contributed by atoms with Crippen molar-refractivity contribution in [1.82, 2.24) is 58.1 Å². The van der Waals surface area contributed by atoms with Crippen LogP contribution in [0, 0.1) is 13.8 Å². The van der Waals surface area contributed by atoms with Crippen LogP contribution in [-0.4, -0.2) is 166 Å². The first kappa shape index (κ1) is 68.4. The predicted molar refractivity (Wildman–Crippen MR) is 329 cm³/mol. The number of fused-ring (bicyclic) bond motifs is 2. The Kier molecular flexibility index (Phi) is 21.1. The summed E-state index contributed by atoms with van der Waals surface area (Å²) in [6.45, 7) is -16.9. The molecule has 10 N–H and O–H groups in total. The number of ether oxygens (including phenoxy) is 4. The maximum absolute atomic E-state index is 14.5. The van der Waals surface area contributed by atoms with Crippen LogP contribution in [0.1, 0.15) is 68.6 Å². The molecule has 4 saturated heterocycles. The number of nitrogens with one attached hydrogen (secondary N) is 2. The third kappa shape index (κ3) is 16.6. The number of aromatic amines is 2. The molecule has 4 aliphatic rings. The minimum Gasteiger partial charge on any atom is -0.382 e. The van der Waals surface area contributed by atoms with Crippen molar-refractivity contribution < 1.29 is 83.8 Å². The SMILES string of the molecule is CCOP(O)(=S)O[C@@H]1C[C@H](n2cnc3c(N)ncnc32)O[C@@H]1COP(O)(=S)O[C@@H]1C[C@H](n2cnc3c(N)ncnc32)O[C@@H]1COP(=O)(S)O[C@@H]1C[C@H](n2cc(C)c(=O)[nH]c2=O)O[C@@H]1COP(O)(=S)O[C@@H]1C[C@H](n2cc(C)c(=O)[nH]c2=O)O[C@@H]1COP(C)(O)=S. The van der Waals surface area contributed by atoms with Crippen LogP contribution in [-0.2, 0) is 111 Å². The van der Waals surface area contributed by atoms with Gasteiger partial charge in [0.15, 0.2) is 29.4 Å². The van der Waals surface area contributed by atoms with Gasteiger partial charge >= 0.3 is 38.3 Å². The maximum atomic E-state index is 14.5. The van der Waals surface area contributed by atoms with Gasteiger partial charge in [-0.05, 0) is 68.0 Å². The molecule has 89 heavy (non-hydrogen) atoms. The summed E-state index contributed by atoms with van der Waals surface area (Å²) in [7, 11) is 0. The number of thiol groups is 1. The number of nitrogen functional groups attached to an aromatic ring is 2. The topological polar surface area (TPSA) is 467 Å². The summed E-state index contributed by atoms with van der Waals surface area (Å²) < 4.78 is 97.3. The van der Waals surface area contributed by atoms with E-state index < -0.39 is 150 Å². The average molecular weight is 1440 g/mol. The van der Waals surface area contributed by atoms with Gasteiger partial charge in [0.05, 0.1) is 64.0 Å². The first-order valence-corrected chi connectivity index (χ1v) is 40.1. The highest BCUT2D eigenvalue weighted by molar-refractivity contribution is 8.44. The Hall–Kier alpha value is -3.44. The maximum Gasteiger partial charge on any atom is 0.386 e. The van der Waals surface area contributed by atoms with E-state index in [4.69, 9.17) is 118 Å². The predicted octanol–water partition coefficient (Wildman–Crippen LogP) is 1.96. The lowest BCUT2D eigenvalue weighted by Crippen LogP contribution is -2.33. The van der Waals surface area contributed by atoms with Crippen molar-refractivity contribution in [2.24, 2.45) is 0 Å².